The van der Waals surface area contributed by atoms with Crippen LogP contribution in [0.25, 0.3) is 11.0 Å². The molecule has 1 aromatic heterocycles. The zero-order chi connectivity index (χ0) is 13.5. The molecule has 0 saturated carbocycles. The molecule has 0 spiro atoms. The minimum Gasteiger partial charge on any atom is -0.299 e. The zero-order valence-corrected chi connectivity index (χ0v) is 12.0. The molecule has 1 N–H and O–H groups in total. The molecule has 19 heavy (non-hydrogen) atoms. The molecule has 0 fully saturated rings. The molecule has 2 aromatic rings. The largest absolute Gasteiger partial charge is 0.299 e. The Morgan fingerprint density at radius 1 is 1.11 bits per heavy atom. The maximum Gasteiger partial charge on any atom is 0.117 e. The summed E-state index contributed by atoms with van der Waals surface area (Å²) in [6, 6.07) is 6.27. The highest BCUT2D eigenvalue weighted by Gasteiger charge is 2.09. The summed E-state index contributed by atoms with van der Waals surface area (Å²) in [6.07, 6.45) is 5.02. The van der Waals surface area contributed by atoms with Crippen molar-refractivity contribution in [3.63, 3.8) is 0 Å². The van der Waals surface area contributed by atoms with Gasteiger partial charge < -0.3 is 0 Å². The van der Waals surface area contributed by atoms with Gasteiger partial charge in [-0.05, 0) is 37.6 Å². The molecule has 1 aromatic carbocycles. The lowest BCUT2D eigenvalue weighted by atomic mass is 10.1. The van der Waals surface area contributed by atoms with Gasteiger partial charge >= 0.3 is 0 Å². The van der Waals surface area contributed by atoms with Crippen LogP contribution in [-0.4, -0.2) is 33.4 Å². The third-order valence-electron chi connectivity index (χ3n) is 3.49. The highest BCUT2D eigenvalue weighted by Crippen LogP contribution is 2.16. The molecule has 1 heterocycles. The number of aromatic amines is 1. The number of unbranched alkanes of at least 4 members (excludes halogenated alkanes) is 2. The van der Waals surface area contributed by atoms with Crippen molar-refractivity contribution < 1.29 is 0 Å². The predicted octanol–water partition coefficient (Wildman–Crippen LogP) is 3.36. The van der Waals surface area contributed by atoms with Gasteiger partial charge in [0.15, 0.2) is 0 Å². The molecular weight excluding hydrogens is 236 g/mol. The van der Waals surface area contributed by atoms with Gasteiger partial charge in [-0.25, -0.2) is 0 Å². The summed E-state index contributed by atoms with van der Waals surface area (Å²) in [4.78, 5) is 2.54. The number of H-pyrrole nitrogens is 1. The van der Waals surface area contributed by atoms with Gasteiger partial charge in [0.2, 0.25) is 0 Å². The normalized spacial score (nSPS) is 11.5. The fourth-order valence-corrected chi connectivity index (χ4v) is 2.33. The van der Waals surface area contributed by atoms with E-state index in [2.05, 4.69) is 46.3 Å². The Labute approximate surface area is 115 Å². The highest BCUT2D eigenvalue weighted by atomic mass is 15.3. The minimum absolute atomic E-state index is 0.976. The van der Waals surface area contributed by atoms with Gasteiger partial charge in [-0.2, -0.15) is 0 Å². The van der Waals surface area contributed by atoms with Crippen LogP contribution in [0, 0.1) is 0 Å². The minimum atomic E-state index is 0.976. The third-order valence-corrected chi connectivity index (χ3v) is 3.49. The Balaban J connectivity index is 2.08. The van der Waals surface area contributed by atoms with Gasteiger partial charge in [0, 0.05) is 6.54 Å². The summed E-state index contributed by atoms with van der Waals surface area (Å²) >= 11 is 0. The van der Waals surface area contributed by atoms with E-state index in [1.54, 1.807) is 0 Å². The van der Waals surface area contributed by atoms with E-state index in [9.17, 15) is 0 Å². The maximum absolute atomic E-state index is 4.20. The molecular formula is C15H24N4. The first-order valence-corrected chi connectivity index (χ1v) is 7.36. The number of fused-ring (bicyclic) bond motifs is 1. The third kappa shape index (κ3) is 3.77. The molecule has 0 amide bonds. The molecule has 0 aliphatic rings. The first-order chi connectivity index (χ1) is 9.35. The molecule has 0 saturated heterocycles. The van der Waals surface area contributed by atoms with Crippen molar-refractivity contribution in [1.29, 1.82) is 0 Å². The van der Waals surface area contributed by atoms with E-state index < -0.39 is 0 Å². The van der Waals surface area contributed by atoms with E-state index in [1.807, 2.05) is 6.07 Å². The lowest BCUT2D eigenvalue weighted by molar-refractivity contribution is 0.258. The Morgan fingerprint density at radius 2 is 1.84 bits per heavy atom. The summed E-state index contributed by atoms with van der Waals surface area (Å²) in [5.41, 5.74) is 3.32. The Morgan fingerprint density at radius 3 is 2.53 bits per heavy atom. The van der Waals surface area contributed by atoms with Gasteiger partial charge in [0.25, 0.3) is 0 Å². The predicted molar refractivity (Wildman–Crippen MR) is 79.0 cm³/mol. The lowest BCUT2D eigenvalue weighted by Crippen LogP contribution is -2.25. The first kappa shape index (κ1) is 14.0. The van der Waals surface area contributed by atoms with Crippen LogP contribution in [0.2, 0.25) is 0 Å². The molecule has 4 nitrogen and oxygen atoms in total. The van der Waals surface area contributed by atoms with E-state index in [1.165, 1.54) is 44.3 Å². The molecule has 104 valence electrons. The van der Waals surface area contributed by atoms with Crippen LogP contribution >= 0.6 is 0 Å². The topological polar surface area (TPSA) is 44.8 Å². The second-order valence-corrected chi connectivity index (χ2v) is 5.11. The van der Waals surface area contributed by atoms with Crippen LogP contribution in [0.15, 0.2) is 18.2 Å². The van der Waals surface area contributed by atoms with Crippen LogP contribution in [0.1, 0.15) is 45.1 Å². The summed E-state index contributed by atoms with van der Waals surface area (Å²) in [5.74, 6) is 0. The fourth-order valence-electron chi connectivity index (χ4n) is 2.33. The van der Waals surface area contributed by atoms with E-state index in [0.717, 1.165) is 17.6 Å². The molecule has 0 atom stereocenters. The zero-order valence-electron chi connectivity index (χ0n) is 12.0. The second-order valence-electron chi connectivity index (χ2n) is 5.11. The summed E-state index contributed by atoms with van der Waals surface area (Å²) in [5, 5.41) is 11.0. The van der Waals surface area contributed by atoms with E-state index >= 15 is 0 Å². The van der Waals surface area contributed by atoms with Gasteiger partial charge in [0.1, 0.15) is 5.52 Å². The smallest absolute Gasteiger partial charge is 0.117 e. The van der Waals surface area contributed by atoms with E-state index in [-0.39, 0.29) is 0 Å². The highest BCUT2D eigenvalue weighted by molar-refractivity contribution is 5.77. The number of aromatic nitrogens is 3. The Kier molecular flexibility index (Phi) is 5.33. The summed E-state index contributed by atoms with van der Waals surface area (Å²) < 4.78 is 0. The second kappa shape index (κ2) is 7.24. The van der Waals surface area contributed by atoms with Gasteiger partial charge in [-0.15, -0.1) is 5.10 Å². The van der Waals surface area contributed by atoms with Gasteiger partial charge in [0.05, 0.1) is 5.52 Å². The van der Waals surface area contributed by atoms with Crippen LogP contribution in [0.4, 0.5) is 0 Å². The van der Waals surface area contributed by atoms with Crippen molar-refractivity contribution >= 4 is 11.0 Å². The monoisotopic (exact) mass is 260 g/mol. The van der Waals surface area contributed by atoms with Crippen molar-refractivity contribution in [2.75, 3.05) is 13.1 Å². The molecule has 0 bridgehead atoms. The molecule has 0 aliphatic heterocycles. The number of nitrogens with one attached hydrogen (secondary N) is 1. The van der Waals surface area contributed by atoms with Crippen LogP contribution in [-0.2, 0) is 6.54 Å². The number of hydrogen-bond acceptors (Lipinski definition) is 3. The number of benzene rings is 1. The average Bonchev–Trinajstić information content (AvgIpc) is 2.91. The standard InChI is InChI=1S/C15H24N4/c1-3-5-10-19(11-6-4-2)12-13-8-7-9-14-15(13)17-18-16-14/h7-9H,3-6,10-12H2,1-2H3,(H,16,17,18). The van der Waals surface area contributed by atoms with Crippen molar-refractivity contribution in [1.82, 2.24) is 20.3 Å². The van der Waals surface area contributed by atoms with E-state index in [0.29, 0.717) is 0 Å². The Hall–Kier alpha value is -1.42. The maximum atomic E-state index is 4.20. The molecule has 4 heteroatoms. The number of rotatable bonds is 8. The average molecular weight is 260 g/mol. The van der Waals surface area contributed by atoms with Crippen molar-refractivity contribution in [2.24, 2.45) is 0 Å². The van der Waals surface area contributed by atoms with Crippen LogP contribution in [0.5, 0.6) is 0 Å². The first-order valence-electron chi connectivity index (χ1n) is 7.36. The van der Waals surface area contributed by atoms with Crippen LogP contribution < -0.4 is 0 Å². The lowest BCUT2D eigenvalue weighted by Gasteiger charge is -2.22. The van der Waals surface area contributed by atoms with Crippen LogP contribution in [0.3, 0.4) is 0 Å². The Bertz CT molecular complexity index is 484. The molecule has 0 radical (unpaired) electrons. The van der Waals surface area contributed by atoms with Crippen molar-refractivity contribution in [2.45, 2.75) is 46.1 Å². The SMILES string of the molecule is CCCCN(CCCC)Cc1cccc2[nH]nnc12. The molecule has 2 rings (SSSR count). The quantitative estimate of drug-likeness (QED) is 0.791. The summed E-state index contributed by atoms with van der Waals surface area (Å²) in [6.45, 7) is 7.81. The van der Waals surface area contributed by atoms with Gasteiger partial charge in [-0.3, -0.25) is 10.00 Å². The number of hydrogen-bond donors (Lipinski definition) is 1. The fraction of sp³-hybridized carbons (Fsp3) is 0.600. The van der Waals surface area contributed by atoms with E-state index in [4.69, 9.17) is 0 Å². The van der Waals surface area contributed by atoms with Crippen molar-refractivity contribution in [3.05, 3.63) is 23.8 Å². The van der Waals surface area contributed by atoms with Gasteiger partial charge in [-0.1, -0.05) is 44.0 Å². The number of nitrogens with zero attached hydrogens (tertiary/aromatic N) is 3. The molecule has 0 aliphatic carbocycles. The molecule has 0 unspecified atom stereocenters. The summed E-state index contributed by atoms with van der Waals surface area (Å²) in [7, 11) is 0. The van der Waals surface area contributed by atoms with Crippen molar-refractivity contribution in [3.8, 4) is 0 Å².